The van der Waals surface area contributed by atoms with E-state index in [1.807, 2.05) is 0 Å². The fourth-order valence-corrected chi connectivity index (χ4v) is 6.04. The zero-order valence-corrected chi connectivity index (χ0v) is 18.5. The van der Waals surface area contributed by atoms with Gasteiger partial charge in [-0.05, 0) is 49.1 Å². The molecule has 0 bridgehead atoms. The molecule has 0 radical (unpaired) electrons. The van der Waals surface area contributed by atoms with Crippen LogP contribution in [-0.2, 0) is 20.8 Å². The number of carbonyl (C=O) groups is 1. The second kappa shape index (κ2) is 8.64. The third-order valence-corrected chi connectivity index (χ3v) is 8.17. The van der Waals surface area contributed by atoms with Gasteiger partial charge in [-0.3, -0.25) is 9.79 Å². The van der Waals surface area contributed by atoms with Crippen LogP contribution < -0.4 is 5.32 Å². The number of amides is 1. The highest BCUT2D eigenvalue weighted by atomic mass is 32.2. The van der Waals surface area contributed by atoms with Crippen molar-refractivity contribution in [2.45, 2.75) is 41.4 Å². The quantitative estimate of drug-likeness (QED) is 0.596. The number of amidine groups is 1. The Kier molecular flexibility index (Phi) is 6.22. The van der Waals surface area contributed by atoms with E-state index in [2.05, 4.69) is 10.3 Å². The van der Waals surface area contributed by atoms with E-state index in [1.54, 1.807) is 0 Å². The first kappa shape index (κ1) is 25.2. The van der Waals surface area contributed by atoms with Gasteiger partial charge >= 0.3 is 12.4 Å². The number of sulfone groups is 1. The molecule has 1 aromatic rings. The molecule has 0 spiro atoms. The Hall–Kier alpha value is -2.90. The molecule has 4 rings (SSSR count). The van der Waals surface area contributed by atoms with Gasteiger partial charge in [0.05, 0.1) is 27.8 Å². The number of aliphatic imine (C=N–C) groups is 1. The lowest BCUT2D eigenvalue weighted by Gasteiger charge is -2.35. The molecule has 2 aliphatic heterocycles. The maximum atomic E-state index is 13.6. The summed E-state index contributed by atoms with van der Waals surface area (Å²) in [6, 6.07) is 0.202. The Balaban J connectivity index is 1.31. The van der Waals surface area contributed by atoms with Gasteiger partial charge in [0.1, 0.15) is 17.7 Å². The number of halogens is 7. The number of allylic oxidation sites excluding steroid dienone is 2. The Morgan fingerprint density at radius 1 is 1.06 bits per heavy atom. The average Bonchev–Trinajstić information content (AvgIpc) is 3.14. The lowest BCUT2D eigenvalue weighted by Crippen LogP contribution is -2.45. The lowest BCUT2D eigenvalue weighted by atomic mass is 9.85. The van der Waals surface area contributed by atoms with Crippen LogP contribution in [0.2, 0.25) is 0 Å². The highest BCUT2D eigenvalue weighted by Crippen LogP contribution is 2.38. The van der Waals surface area contributed by atoms with E-state index >= 15 is 0 Å². The normalized spacial score (nSPS) is 24.4. The molecule has 1 aliphatic carbocycles. The van der Waals surface area contributed by atoms with Gasteiger partial charge in [-0.1, -0.05) is 0 Å². The third-order valence-electron chi connectivity index (χ3n) is 6.01. The van der Waals surface area contributed by atoms with Gasteiger partial charge in [0.15, 0.2) is 9.84 Å². The van der Waals surface area contributed by atoms with Crippen molar-refractivity contribution in [2.24, 2.45) is 10.9 Å². The molecule has 1 atom stereocenters. The van der Waals surface area contributed by atoms with Crippen molar-refractivity contribution in [2.75, 3.05) is 13.1 Å². The van der Waals surface area contributed by atoms with Crippen LogP contribution in [0.1, 0.15) is 18.4 Å². The molecule has 6 nitrogen and oxygen atoms in total. The molecule has 2 heterocycles. The van der Waals surface area contributed by atoms with E-state index in [4.69, 9.17) is 0 Å². The topological polar surface area (TPSA) is 78.8 Å². The molecular weight excluding hydrogens is 507 g/mol. The number of benzene rings is 1. The van der Waals surface area contributed by atoms with Crippen molar-refractivity contribution >= 4 is 21.6 Å². The predicted molar refractivity (Wildman–Crippen MR) is 109 cm³/mol. The zero-order valence-electron chi connectivity index (χ0n) is 17.7. The summed E-state index contributed by atoms with van der Waals surface area (Å²) in [6.07, 6.45) is -6.46. The van der Waals surface area contributed by atoms with Crippen molar-refractivity contribution in [3.8, 4) is 0 Å². The summed E-state index contributed by atoms with van der Waals surface area (Å²) in [6.45, 7) is -0.0312. The molecular formula is C21H18F7N3O3S. The van der Waals surface area contributed by atoms with Crippen molar-refractivity contribution in [1.82, 2.24) is 10.2 Å². The molecule has 1 aromatic carbocycles. The molecule has 0 aromatic heterocycles. The summed E-state index contributed by atoms with van der Waals surface area (Å²) >= 11 is 0. The van der Waals surface area contributed by atoms with Crippen LogP contribution in [0, 0.1) is 11.7 Å². The van der Waals surface area contributed by atoms with Crippen molar-refractivity contribution in [3.05, 3.63) is 53.5 Å². The van der Waals surface area contributed by atoms with Crippen LogP contribution in [0.15, 0.2) is 52.0 Å². The minimum atomic E-state index is -4.91. The van der Waals surface area contributed by atoms with Gasteiger partial charge in [-0.2, -0.15) is 26.3 Å². The summed E-state index contributed by atoms with van der Waals surface area (Å²) in [7, 11) is -4.21. The average molecular weight is 525 g/mol. The number of nitrogens with one attached hydrogen (secondary N) is 1. The van der Waals surface area contributed by atoms with Gasteiger partial charge in [0, 0.05) is 12.7 Å². The number of nitrogens with zero attached hydrogens (tertiary/aromatic N) is 2. The van der Waals surface area contributed by atoms with Crippen molar-refractivity contribution in [3.63, 3.8) is 0 Å². The number of rotatable bonds is 5. The fourth-order valence-electron chi connectivity index (χ4n) is 4.04. The second-order valence-corrected chi connectivity index (χ2v) is 10.7. The van der Waals surface area contributed by atoms with Crippen molar-refractivity contribution < 1.29 is 43.9 Å². The Bertz CT molecular complexity index is 1230. The SMILES string of the molecule is O=C(NCC1CC(S(=O)(=O)c2cc(F)cc(C(F)(F)F)c2)C1)C1CN2C=C(C(F)(F)F)C=CC2=N1. The summed E-state index contributed by atoms with van der Waals surface area (Å²) < 4.78 is 116. The molecule has 35 heavy (non-hydrogen) atoms. The first-order chi connectivity index (χ1) is 16.1. The summed E-state index contributed by atoms with van der Waals surface area (Å²) in [5.74, 6) is -1.94. The Morgan fingerprint density at radius 2 is 1.74 bits per heavy atom. The fraction of sp³-hybridized carbons (Fsp3) is 0.429. The van der Waals surface area contributed by atoms with Crippen LogP contribution in [0.25, 0.3) is 0 Å². The molecule has 1 saturated carbocycles. The Morgan fingerprint density at radius 3 is 2.37 bits per heavy atom. The monoisotopic (exact) mass is 525 g/mol. The smallest absolute Gasteiger partial charge is 0.354 e. The van der Waals surface area contributed by atoms with Crippen LogP contribution >= 0.6 is 0 Å². The minimum absolute atomic E-state index is 0.0478. The van der Waals surface area contributed by atoms with Crippen LogP contribution in [0.4, 0.5) is 30.7 Å². The molecule has 1 N–H and O–H groups in total. The zero-order chi connectivity index (χ0) is 25.8. The van der Waals surface area contributed by atoms with E-state index in [0.29, 0.717) is 12.1 Å². The number of carbonyl (C=O) groups excluding carboxylic acids is 1. The first-order valence-corrected chi connectivity index (χ1v) is 11.9. The molecule has 14 heteroatoms. The Labute approximate surface area is 195 Å². The maximum absolute atomic E-state index is 13.6. The molecule has 1 fully saturated rings. The lowest BCUT2D eigenvalue weighted by molar-refractivity contribution is -0.138. The van der Waals surface area contributed by atoms with E-state index in [1.165, 1.54) is 4.90 Å². The van der Waals surface area contributed by atoms with E-state index < -0.39 is 61.2 Å². The summed E-state index contributed by atoms with van der Waals surface area (Å²) in [4.78, 5) is 17.0. The highest BCUT2D eigenvalue weighted by molar-refractivity contribution is 7.92. The molecule has 1 amide bonds. The highest BCUT2D eigenvalue weighted by Gasteiger charge is 2.42. The molecule has 3 aliphatic rings. The number of fused-ring (bicyclic) bond motifs is 1. The van der Waals surface area contributed by atoms with Crippen LogP contribution in [0.3, 0.4) is 0 Å². The van der Waals surface area contributed by atoms with E-state index in [0.717, 1.165) is 18.4 Å². The number of hydrogen-bond acceptors (Lipinski definition) is 5. The van der Waals surface area contributed by atoms with Gasteiger partial charge < -0.3 is 10.2 Å². The van der Waals surface area contributed by atoms with Crippen LogP contribution in [0.5, 0.6) is 0 Å². The van der Waals surface area contributed by atoms with Gasteiger partial charge in [-0.25, -0.2) is 12.8 Å². The second-order valence-electron chi connectivity index (χ2n) is 8.49. The first-order valence-electron chi connectivity index (χ1n) is 10.4. The maximum Gasteiger partial charge on any atom is 0.417 e. The van der Waals surface area contributed by atoms with E-state index in [9.17, 15) is 43.9 Å². The summed E-state index contributed by atoms with van der Waals surface area (Å²) in [5, 5.41) is 1.56. The van der Waals surface area contributed by atoms with E-state index in [-0.39, 0.29) is 43.8 Å². The van der Waals surface area contributed by atoms with Gasteiger partial charge in [-0.15, -0.1) is 0 Å². The largest absolute Gasteiger partial charge is 0.417 e. The van der Waals surface area contributed by atoms with Gasteiger partial charge in [0.2, 0.25) is 5.91 Å². The standard InChI is InChI=1S/C21H18F7N3O3S/c22-14-5-13(21(26,27)28)6-16(7-14)35(33,34)15-3-11(4-15)8-29-19(32)17-10-31-9-12(20(23,24)25)1-2-18(31)30-17/h1-2,5-7,9,11,15,17H,3-4,8,10H2,(H,29,32). The van der Waals surface area contributed by atoms with Crippen molar-refractivity contribution in [1.29, 1.82) is 0 Å². The number of hydrogen-bond donors (Lipinski definition) is 1. The molecule has 0 saturated heterocycles. The molecule has 190 valence electrons. The number of alkyl halides is 6. The summed E-state index contributed by atoms with van der Waals surface area (Å²) in [5.41, 5.74) is -2.28. The van der Waals surface area contributed by atoms with Gasteiger partial charge in [0.25, 0.3) is 0 Å². The van der Waals surface area contributed by atoms with Crippen LogP contribution in [-0.4, -0.2) is 55.6 Å². The molecule has 1 unspecified atom stereocenters. The minimum Gasteiger partial charge on any atom is -0.354 e. The predicted octanol–water partition coefficient (Wildman–Crippen LogP) is 3.61. The third kappa shape index (κ3) is 5.21.